The highest BCUT2D eigenvalue weighted by Crippen LogP contribution is 2.26. The van der Waals surface area contributed by atoms with E-state index in [1.807, 2.05) is 12.3 Å². The van der Waals surface area contributed by atoms with Crippen molar-refractivity contribution >= 4 is 10.9 Å². The van der Waals surface area contributed by atoms with E-state index in [1.165, 1.54) is 16.5 Å². The summed E-state index contributed by atoms with van der Waals surface area (Å²) in [5.41, 5.74) is 3.56. The zero-order valence-corrected chi connectivity index (χ0v) is 11.1. The van der Waals surface area contributed by atoms with E-state index in [4.69, 9.17) is 0 Å². The van der Waals surface area contributed by atoms with Gasteiger partial charge in [0.1, 0.15) is 0 Å². The summed E-state index contributed by atoms with van der Waals surface area (Å²) in [5, 5.41) is 4.76. The number of hydrogen-bond donors (Lipinski definition) is 1. The molecule has 2 nitrogen and oxygen atoms in total. The number of hydrogen-bond acceptors (Lipinski definition) is 2. The van der Waals surface area contributed by atoms with Gasteiger partial charge in [0.05, 0.1) is 5.52 Å². The van der Waals surface area contributed by atoms with Gasteiger partial charge >= 0.3 is 0 Å². The summed E-state index contributed by atoms with van der Waals surface area (Å²) in [6.07, 6.45) is 2.85. The third-order valence-corrected chi connectivity index (χ3v) is 3.06. The fraction of sp³-hybridized carbons (Fsp3) is 0.312. The van der Waals surface area contributed by atoms with E-state index in [2.05, 4.69) is 55.0 Å². The van der Waals surface area contributed by atoms with Gasteiger partial charge in [-0.25, -0.2) is 0 Å². The average molecular weight is 240 g/mol. The maximum atomic E-state index is 4.41. The Morgan fingerprint density at radius 3 is 2.83 bits per heavy atom. The van der Waals surface area contributed by atoms with Gasteiger partial charge in [-0.1, -0.05) is 30.7 Å². The number of nitrogens with zero attached hydrogens (tertiary/aromatic N) is 1. The van der Waals surface area contributed by atoms with Crippen LogP contribution in [0, 0.1) is 0 Å². The van der Waals surface area contributed by atoms with Gasteiger partial charge in [-0.2, -0.15) is 0 Å². The fourth-order valence-corrected chi connectivity index (χ4v) is 2.31. The molecule has 0 bridgehead atoms. The van der Waals surface area contributed by atoms with Crippen LogP contribution in [0.3, 0.4) is 0 Å². The first kappa shape index (κ1) is 12.8. The summed E-state index contributed by atoms with van der Waals surface area (Å²) < 4.78 is 0. The molecule has 0 aliphatic heterocycles. The van der Waals surface area contributed by atoms with Crippen molar-refractivity contribution in [3.8, 4) is 0 Å². The van der Waals surface area contributed by atoms with Crippen molar-refractivity contribution in [2.45, 2.75) is 26.3 Å². The van der Waals surface area contributed by atoms with Gasteiger partial charge in [-0.05, 0) is 37.6 Å². The number of benzene rings is 1. The van der Waals surface area contributed by atoms with Crippen LogP contribution in [0.4, 0.5) is 0 Å². The van der Waals surface area contributed by atoms with Crippen LogP contribution in [-0.4, -0.2) is 11.5 Å². The van der Waals surface area contributed by atoms with Crippen LogP contribution in [-0.2, 0) is 0 Å². The van der Waals surface area contributed by atoms with Gasteiger partial charge in [0, 0.05) is 17.6 Å². The van der Waals surface area contributed by atoms with Crippen molar-refractivity contribution in [3.63, 3.8) is 0 Å². The smallest absolute Gasteiger partial charge is 0.0705 e. The topological polar surface area (TPSA) is 24.9 Å². The van der Waals surface area contributed by atoms with E-state index in [0.717, 1.165) is 18.5 Å². The van der Waals surface area contributed by atoms with Crippen LogP contribution >= 0.6 is 0 Å². The van der Waals surface area contributed by atoms with Gasteiger partial charge in [-0.15, -0.1) is 6.58 Å². The molecule has 18 heavy (non-hydrogen) atoms. The fourth-order valence-electron chi connectivity index (χ4n) is 2.31. The summed E-state index contributed by atoms with van der Waals surface area (Å²) in [4.78, 5) is 4.41. The Morgan fingerprint density at radius 1 is 1.33 bits per heavy atom. The Balaban J connectivity index is 2.46. The lowest BCUT2D eigenvalue weighted by Crippen LogP contribution is -2.21. The molecule has 1 atom stereocenters. The molecule has 0 aliphatic rings. The van der Waals surface area contributed by atoms with E-state index in [-0.39, 0.29) is 0 Å². The maximum absolute atomic E-state index is 4.41. The number of aromatic nitrogens is 1. The molecule has 94 valence electrons. The monoisotopic (exact) mass is 240 g/mol. The summed E-state index contributed by atoms with van der Waals surface area (Å²) in [5.74, 6) is 0. The van der Waals surface area contributed by atoms with Gasteiger partial charge in [0.15, 0.2) is 0 Å². The Bertz CT molecular complexity index is 540. The number of rotatable bonds is 5. The highest BCUT2D eigenvalue weighted by molar-refractivity contribution is 5.82. The Morgan fingerprint density at radius 2 is 2.11 bits per heavy atom. The molecule has 0 radical (unpaired) electrons. The Hall–Kier alpha value is -1.67. The Kier molecular flexibility index (Phi) is 4.11. The lowest BCUT2D eigenvalue weighted by molar-refractivity contribution is 0.551. The molecule has 2 rings (SSSR count). The molecule has 0 saturated heterocycles. The van der Waals surface area contributed by atoms with Gasteiger partial charge < -0.3 is 5.32 Å². The summed E-state index contributed by atoms with van der Waals surface area (Å²) in [6, 6.07) is 10.7. The standard InChI is InChI=1S/C16H20N2/c1-4-17-16(11-12(2)3)14-9-10-18-15-8-6-5-7-13(14)15/h5-10,16-17H,2,4,11H2,1,3H3. The quantitative estimate of drug-likeness (QED) is 0.803. The molecule has 2 heteroatoms. The summed E-state index contributed by atoms with van der Waals surface area (Å²) in [6.45, 7) is 9.19. The van der Waals surface area contributed by atoms with E-state index in [9.17, 15) is 0 Å². The largest absolute Gasteiger partial charge is 0.310 e. The Labute approximate surface area is 109 Å². The molecule has 1 unspecified atom stereocenters. The molecule has 0 fully saturated rings. The van der Waals surface area contributed by atoms with Gasteiger partial charge in [-0.3, -0.25) is 4.98 Å². The van der Waals surface area contributed by atoms with Crippen molar-refractivity contribution in [3.05, 3.63) is 54.2 Å². The molecular formula is C16H20N2. The first-order valence-electron chi connectivity index (χ1n) is 6.43. The first-order chi connectivity index (χ1) is 8.72. The second kappa shape index (κ2) is 5.78. The first-order valence-corrected chi connectivity index (χ1v) is 6.43. The van der Waals surface area contributed by atoms with Crippen molar-refractivity contribution < 1.29 is 0 Å². The van der Waals surface area contributed by atoms with Crippen molar-refractivity contribution in [1.82, 2.24) is 10.3 Å². The third kappa shape index (κ3) is 2.77. The molecule has 1 heterocycles. The van der Waals surface area contributed by atoms with E-state index >= 15 is 0 Å². The number of para-hydroxylation sites is 1. The molecule has 2 aromatic rings. The summed E-state index contributed by atoms with van der Waals surface area (Å²) >= 11 is 0. The van der Waals surface area contributed by atoms with Crippen LogP contribution in [0.1, 0.15) is 31.9 Å². The second-order valence-corrected chi connectivity index (χ2v) is 4.69. The molecular weight excluding hydrogens is 220 g/mol. The third-order valence-electron chi connectivity index (χ3n) is 3.06. The van der Waals surface area contributed by atoms with Crippen molar-refractivity contribution in [2.24, 2.45) is 0 Å². The van der Waals surface area contributed by atoms with Crippen LogP contribution < -0.4 is 5.32 Å². The summed E-state index contributed by atoms with van der Waals surface area (Å²) in [7, 11) is 0. The van der Waals surface area contributed by atoms with Crippen molar-refractivity contribution in [2.75, 3.05) is 6.54 Å². The minimum absolute atomic E-state index is 0.320. The molecule has 0 saturated carbocycles. The second-order valence-electron chi connectivity index (χ2n) is 4.69. The predicted molar refractivity (Wildman–Crippen MR) is 77.6 cm³/mol. The number of nitrogens with one attached hydrogen (secondary N) is 1. The molecule has 1 aromatic carbocycles. The average Bonchev–Trinajstić information content (AvgIpc) is 2.37. The number of pyridine rings is 1. The minimum atomic E-state index is 0.320. The van der Waals surface area contributed by atoms with Crippen molar-refractivity contribution in [1.29, 1.82) is 0 Å². The highest BCUT2D eigenvalue weighted by Gasteiger charge is 2.13. The lowest BCUT2D eigenvalue weighted by Gasteiger charge is -2.20. The lowest BCUT2D eigenvalue weighted by atomic mass is 9.97. The van der Waals surface area contributed by atoms with Gasteiger partial charge in [0.25, 0.3) is 0 Å². The highest BCUT2D eigenvalue weighted by atomic mass is 14.9. The molecule has 0 aliphatic carbocycles. The van der Waals surface area contributed by atoms with E-state index in [1.54, 1.807) is 0 Å². The zero-order chi connectivity index (χ0) is 13.0. The zero-order valence-electron chi connectivity index (χ0n) is 11.1. The van der Waals surface area contributed by atoms with Crippen LogP contribution in [0.2, 0.25) is 0 Å². The van der Waals surface area contributed by atoms with Gasteiger partial charge in [0.2, 0.25) is 0 Å². The minimum Gasteiger partial charge on any atom is -0.310 e. The molecule has 0 amide bonds. The number of fused-ring (bicyclic) bond motifs is 1. The maximum Gasteiger partial charge on any atom is 0.0705 e. The molecule has 0 spiro atoms. The SMILES string of the molecule is C=C(C)CC(NCC)c1ccnc2ccccc12. The predicted octanol–water partition coefficient (Wildman–Crippen LogP) is 3.85. The van der Waals surface area contributed by atoms with E-state index in [0.29, 0.717) is 6.04 Å². The van der Waals surface area contributed by atoms with Crippen LogP contribution in [0.5, 0.6) is 0 Å². The van der Waals surface area contributed by atoms with E-state index < -0.39 is 0 Å². The van der Waals surface area contributed by atoms with Crippen LogP contribution in [0.15, 0.2) is 48.7 Å². The molecule has 1 N–H and O–H groups in total. The van der Waals surface area contributed by atoms with Crippen LogP contribution in [0.25, 0.3) is 10.9 Å². The molecule has 1 aromatic heterocycles. The normalized spacial score (nSPS) is 12.6.